The van der Waals surface area contributed by atoms with Crippen LogP contribution in [0.1, 0.15) is 32.6 Å². The van der Waals surface area contributed by atoms with Gasteiger partial charge in [0.1, 0.15) is 13.2 Å². The van der Waals surface area contributed by atoms with Crippen LogP contribution in [0.4, 0.5) is 0 Å². The van der Waals surface area contributed by atoms with Crippen molar-refractivity contribution in [3.05, 3.63) is 0 Å². The van der Waals surface area contributed by atoms with Gasteiger partial charge in [0, 0.05) is 7.11 Å². The number of carbonyl (C=O) groups is 1. The Labute approximate surface area is 85.8 Å². The molecule has 0 aromatic rings. The number of carbonyl (C=O) groups excluding carboxylic acids is 1. The van der Waals surface area contributed by atoms with Crippen LogP contribution in [0, 0.1) is 5.92 Å². The highest BCUT2D eigenvalue weighted by Crippen LogP contribution is 2.25. The summed E-state index contributed by atoms with van der Waals surface area (Å²) in [7, 11) is 1.53. The lowest BCUT2D eigenvalue weighted by Crippen LogP contribution is -2.25. The van der Waals surface area contributed by atoms with Crippen molar-refractivity contribution in [3.63, 3.8) is 0 Å². The molecule has 1 aliphatic carbocycles. The van der Waals surface area contributed by atoms with Crippen molar-refractivity contribution in [3.8, 4) is 0 Å². The molecule has 0 amide bonds. The summed E-state index contributed by atoms with van der Waals surface area (Å²) in [4.78, 5) is 11.1. The summed E-state index contributed by atoms with van der Waals surface area (Å²) in [6.07, 6.45) is 5.01. The minimum atomic E-state index is 0.0331. The molecule has 0 bridgehead atoms. The SMILES string of the molecule is COCC(=O)COC1CCCC(C)C1. The normalized spacial score (nSPS) is 27.6. The van der Waals surface area contributed by atoms with E-state index in [1.165, 1.54) is 20.0 Å². The lowest BCUT2D eigenvalue weighted by atomic mass is 9.89. The highest BCUT2D eigenvalue weighted by Gasteiger charge is 2.19. The predicted molar refractivity (Wildman–Crippen MR) is 54.3 cm³/mol. The second-order valence-electron chi connectivity index (χ2n) is 4.18. The summed E-state index contributed by atoms with van der Waals surface area (Å²) in [5.74, 6) is 0.775. The van der Waals surface area contributed by atoms with E-state index in [0.29, 0.717) is 6.10 Å². The molecule has 0 aliphatic heterocycles. The van der Waals surface area contributed by atoms with Crippen LogP contribution in [0.15, 0.2) is 0 Å². The predicted octanol–water partition coefficient (Wildman–Crippen LogP) is 1.80. The van der Waals surface area contributed by atoms with Gasteiger partial charge in [-0.2, -0.15) is 0 Å². The Balaban J connectivity index is 2.14. The smallest absolute Gasteiger partial charge is 0.183 e. The van der Waals surface area contributed by atoms with Crippen LogP contribution >= 0.6 is 0 Å². The standard InChI is InChI=1S/C11H20O3/c1-9-4-3-5-11(6-9)14-8-10(12)7-13-2/h9,11H,3-8H2,1-2H3. The van der Waals surface area contributed by atoms with Crippen molar-refractivity contribution < 1.29 is 14.3 Å². The Morgan fingerprint density at radius 1 is 1.36 bits per heavy atom. The second-order valence-corrected chi connectivity index (χ2v) is 4.18. The first-order valence-electron chi connectivity index (χ1n) is 5.34. The number of hydrogen-bond acceptors (Lipinski definition) is 3. The zero-order valence-corrected chi connectivity index (χ0v) is 9.12. The molecule has 1 rings (SSSR count). The van der Waals surface area contributed by atoms with E-state index in [9.17, 15) is 4.79 Å². The molecule has 0 heterocycles. The van der Waals surface area contributed by atoms with Crippen molar-refractivity contribution in [2.75, 3.05) is 20.3 Å². The third kappa shape index (κ3) is 4.20. The molecule has 0 saturated heterocycles. The van der Waals surface area contributed by atoms with E-state index in [1.54, 1.807) is 0 Å². The Morgan fingerprint density at radius 3 is 2.79 bits per heavy atom. The molecule has 3 nitrogen and oxygen atoms in total. The van der Waals surface area contributed by atoms with E-state index in [1.807, 2.05) is 0 Å². The molecule has 1 saturated carbocycles. The van der Waals surface area contributed by atoms with Crippen molar-refractivity contribution in [1.29, 1.82) is 0 Å². The van der Waals surface area contributed by atoms with Gasteiger partial charge in [0.15, 0.2) is 5.78 Å². The number of ether oxygens (including phenoxy) is 2. The monoisotopic (exact) mass is 200 g/mol. The maximum atomic E-state index is 11.1. The van der Waals surface area contributed by atoms with E-state index < -0.39 is 0 Å². The third-order valence-electron chi connectivity index (χ3n) is 2.67. The van der Waals surface area contributed by atoms with E-state index in [4.69, 9.17) is 9.47 Å². The first-order chi connectivity index (χ1) is 6.72. The molecule has 2 atom stereocenters. The van der Waals surface area contributed by atoms with Gasteiger partial charge < -0.3 is 9.47 Å². The van der Waals surface area contributed by atoms with E-state index in [-0.39, 0.29) is 19.0 Å². The molecule has 3 heteroatoms. The lowest BCUT2D eigenvalue weighted by Gasteiger charge is -2.26. The Hall–Kier alpha value is -0.410. The number of ketones is 1. The van der Waals surface area contributed by atoms with Gasteiger partial charge >= 0.3 is 0 Å². The highest BCUT2D eigenvalue weighted by molar-refractivity contribution is 5.80. The molecular formula is C11H20O3. The fourth-order valence-corrected chi connectivity index (χ4v) is 1.94. The summed E-state index contributed by atoms with van der Waals surface area (Å²) in [6.45, 7) is 2.62. The van der Waals surface area contributed by atoms with E-state index in [2.05, 4.69) is 6.92 Å². The fraction of sp³-hybridized carbons (Fsp3) is 0.909. The largest absolute Gasteiger partial charge is 0.377 e. The van der Waals surface area contributed by atoms with Crippen LogP contribution in [0.2, 0.25) is 0 Å². The molecule has 14 heavy (non-hydrogen) atoms. The Morgan fingerprint density at radius 2 is 2.14 bits per heavy atom. The molecule has 1 aliphatic rings. The second kappa shape index (κ2) is 6.14. The molecule has 0 aromatic carbocycles. The fourth-order valence-electron chi connectivity index (χ4n) is 1.94. The van der Waals surface area contributed by atoms with E-state index >= 15 is 0 Å². The molecule has 0 N–H and O–H groups in total. The topological polar surface area (TPSA) is 35.5 Å². The number of hydrogen-bond donors (Lipinski definition) is 0. The molecule has 0 spiro atoms. The minimum absolute atomic E-state index is 0.0331. The third-order valence-corrected chi connectivity index (χ3v) is 2.67. The number of methoxy groups -OCH3 is 1. The lowest BCUT2D eigenvalue weighted by molar-refractivity contribution is -0.130. The first-order valence-corrected chi connectivity index (χ1v) is 5.34. The van der Waals surface area contributed by atoms with Crippen molar-refractivity contribution in [2.45, 2.75) is 38.7 Å². The number of Topliss-reactive ketones (excluding diaryl/α,β-unsaturated/α-hetero) is 1. The summed E-state index contributed by atoms with van der Waals surface area (Å²) in [6, 6.07) is 0. The zero-order valence-electron chi connectivity index (χ0n) is 9.12. The molecule has 0 aromatic heterocycles. The van der Waals surface area contributed by atoms with E-state index in [0.717, 1.165) is 18.8 Å². The summed E-state index contributed by atoms with van der Waals surface area (Å²) >= 11 is 0. The molecule has 1 fully saturated rings. The van der Waals surface area contributed by atoms with Crippen LogP contribution in [0.5, 0.6) is 0 Å². The van der Waals surface area contributed by atoms with Crippen molar-refractivity contribution in [1.82, 2.24) is 0 Å². The molecule has 2 unspecified atom stereocenters. The molecule has 82 valence electrons. The quantitative estimate of drug-likeness (QED) is 0.678. The van der Waals surface area contributed by atoms with Gasteiger partial charge in [-0.25, -0.2) is 0 Å². The van der Waals surface area contributed by atoms with Crippen LogP contribution in [-0.2, 0) is 14.3 Å². The maximum absolute atomic E-state index is 11.1. The van der Waals surface area contributed by atoms with Crippen molar-refractivity contribution >= 4 is 5.78 Å². The van der Waals surface area contributed by atoms with Crippen LogP contribution in [-0.4, -0.2) is 32.2 Å². The van der Waals surface area contributed by atoms with Crippen LogP contribution in [0.3, 0.4) is 0 Å². The highest BCUT2D eigenvalue weighted by atomic mass is 16.5. The molecule has 0 radical (unpaired) electrons. The van der Waals surface area contributed by atoms with Gasteiger partial charge in [0.05, 0.1) is 6.10 Å². The van der Waals surface area contributed by atoms with Gasteiger partial charge in [-0.15, -0.1) is 0 Å². The van der Waals surface area contributed by atoms with Crippen molar-refractivity contribution in [2.24, 2.45) is 5.92 Å². The van der Waals surface area contributed by atoms with Crippen LogP contribution < -0.4 is 0 Å². The minimum Gasteiger partial charge on any atom is -0.377 e. The maximum Gasteiger partial charge on any atom is 0.183 e. The van der Waals surface area contributed by atoms with Gasteiger partial charge in [-0.1, -0.05) is 19.8 Å². The average molecular weight is 200 g/mol. The molecular weight excluding hydrogens is 180 g/mol. The van der Waals surface area contributed by atoms with Gasteiger partial charge in [0.2, 0.25) is 0 Å². The Kier molecular flexibility index (Phi) is 5.12. The average Bonchev–Trinajstić information content (AvgIpc) is 2.15. The van der Waals surface area contributed by atoms with Gasteiger partial charge in [-0.3, -0.25) is 4.79 Å². The summed E-state index contributed by atoms with van der Waals surface area (Å²) in [5.41, 5.74) is 0. The van der Waals surface area contributed by atoms with Crippen LogP contribution in [0.25, 0.3) is 0 Å². The number of rotatable bonds is 5. The summed E-state index contributed by atoms with van der Waals surface area (Å²) in [5, 5.41) is 0. The Bertz CT molecular complexity index is 179. The zero-order chi connectivity index (χ0) is 10.4. The summed E-state index contributed by atoms with van der Waals surface area (Å²) < 4.78 is 10.3. The van der Waals surface area contributed by atoms with Gasteiger partial charge in [0.25, 0.3) is 0 Å². The van der Waals surface area contributed by atoms with Gasteiger partial charge in [-0.05, 0) is 18.8 Å². The first kappa shape index (κ1) is 11.7.